The number of aliphatic hydroxyl groups is 1. The van der Waals surface area contributed by atoms with Crippen LogP contribution in [0.25, 0.3) is 0 Å². The lowest BCUT2D eigenvalue weighted by Gasteiger charge is -2.21. The van der Waals surface area contributed by atoms with Crippen LogP contribution in [0.2, 0.25) is 0 Å². The monoisotopic (exact) mass is 280 g/mol. The highest BCUT2D eigenvalue weighted by Gasteiger charge is 2.12. The van der Waals surface area contributed by atoms with Gasteiger partial charge in [-0.15, -0.1) is 0 Å². The van der Waals surface area contributed by atoms with Crippen molar-refractivity contribution in [3.8, 4) is 5.75 Å². The van der Waals surface area contributed by atoms with Gasteiger partial charge in [0.05, 0.1) is 6.61 Å². The van der Waals surface area contributed by atoms with E-state index in [9.17, 15) is 4.79 Å². The first-order valence-electron chi connectivity index (χ1n) is 6.83. The van der Waals surface area contributed by atoms with Crippen LogP contribution in [0.5, 0.6) is 5.75 Å². The summed E-state index contributed by atoms with van der Waals surface area (Å²) in [6, 6.07) is 7.56. The van der Waals surface area contributed by atoms with Crippen LogP contribution in [0.4, 0.5) is 4.79 Å². The molecule has 20 heavy (non-hydrogen) atoms. The number of amides is 2. The van der Waals surface area contributed by atoms with Crippen LogP contribution in [0, 0.1) is 0 Å². The molecule has 0 bridgehead atoms. The molecule has 0 heterocycles. The average molecular weight is 280 g/mol. The second-order valence-electron chi connectivity index (χ2n) is 5.08. The number of hydrogen-bond acceptors (Lipinski definition) is 3. The quantitative estimate of drug-likeness (QED) is 0.785. The van der Waals surface area contributed by atoms with E-state index in [0.29, 0.717) is 18.2 Å². The van der Waals surface area contributed by atoms with E-state index in [-0.39, 0.29) is 12.6 Å². The summed E-state index contributed by atoms with van der Waals surface area (Å²) in [5.74, 6) is 1.19. The lowest BCUT2D eigenvalue weighted by molar-refractivity contribution is 0.152. The molecule has 0 saturated carbocycles. The Hall–Kier alpha value is -1.75. The Labute approximate surface area is 120 Å². The molecule has 0 fully saturated rings. The largest absolute Gasteiger partial charge is 0.471 e. The molecule has 5 nitrogen and oxygen atoms in total. The summed E-state index contributed by atoms with van der Waals surface area (Å²) in [6.45, 7) is 6.27. The van der Waals surface area contributed by atoms with Crippen molar-refractivity contribution in [2.24, 2.45) is 0 Å². The smallest absolute Gasteiger partial charge is 0.320 e. The zero-order valence-corrected chi connectivity index (χ0v) is 12.6. The molecular weight excluding hydrogens is 256 g/mol. The van der Waals surface area contributed by atoms with Crippen molar-refractivity contribution in [3.63, 3.8) is 0 Å². The van der Waals surface area contributed by atoms with Gasteiger partial charge in [-0.1, -0.05) is 26.0 Å². The van der Waals surface area contributed by atoms with E-state index >= 15 is 0 Å². The fourth-order valence-corrected chi connectivity index (χ4v) is 1.70. The highest BCUT2D eigenvalue weighted by Crippen LogP contribution is 2.19. The third kappa shape index (κ3) is 5.09. The lowest BCUT2D eigenvalue weighted by atomic mass is 10.0. The van der Waals surface area contributed by atoms with Crippen LogP contribution < -0.4 is 10.1 Å². The molecule has 0 aliphatic rings. The van der Waals surface area contributed by atoms with Gasteiger partial charge < -0.3 is 20.1 Å². The number of nitrogens with zero attached hydrogens (tertiary/aromatic N) is 1. The maximum atomic E-state index is 11.7. The first-order chi connectivity index (χ1) is 9.43. The molecule has 2 N–H and O–H groups in total. The number of urea groups is 1. The molecule has 112 valence electrons. The van der Waals surface area contributed by atoms with Gasteiger partial charge in [-0.25, -0.2) is 4.79 Å². The van der Waals surface area contributed by atoms with Crippen molar-refractivity contribution in [3.05, 3.63) is 29.8 Å². The second kappa shape index (κ2) is 7.75. The Bertz CT molecular complexity index is 418. The number of benzene rings is 1. The summed E-state index contributed by atoms with van der Waals surface area (Å²) in [5, 5.41) is 11.5. The highest BCUT2D eigenvalue weighted by molar-refractivity contribution is 5.73. The van der Waals surface area contributed by atoms with Crippen LogP contribution in [0.15, 0.2) is 24.3 Å². The van der Waals surface area contributed by atoms with Gasteiger partial charge in [0, 0.05) is 13.6 Å². The van der Waals surface area contributed by atoms with Crippen LogP contribution >= 0.6 is 0 Å². The number of rotatable bonds is 6. The zero-order chi connectivity index (χ0) is 15.1. The Kier molecular flexibility index (Phi) is 6.31. The maximum absolute atomic E-state index is 11.7. The predicted molar refractivity (Wildman–Crippen MR) is 78.9 cm³/mol. The summed E-state index contributed by atoms with van der Waals surface area (Å²) < 4.78 is 5.63. The number of nitrogens with one attached hydrogen (secondary N) is 1. The van der Waals surface area contributed by atoms with Crippen LogP contribution in [-0.2, 0) is 0 Å². The molecule has 0 saturated heterocycles. The van der Waals surface area contributed by atoms with E-state index in [1.165, 1.54) is 10.5 Å². The van der Waals surface area contributed by atoms with Gasteiger partial charge in [-0.05, 0) is 30.5 Å². The molecule has 1 aromatic carbocycles. The van der Waals surface area contributed by atoms with Crippen molar-refractivity contribution < 1.29 is 14.6 Å². The highest BCUT2D eigenvalue weighted by atomic mass is 16.5. The molecule has 0 aromatic heterocycles. The zero-order valence-electron chi connectivity index (χ0n) is 12.6. The number of carbonyl (C=O) groups excluding carboxylic acids is 1. The second-order valence-corrected chi connectivity index (χ2v) is 5.08. The van der Waals surface area contributed by atoms with Gasteiger partial charge in [-0.2, -0.15) is 0 Å². The molecule has 2 amide bonds. The Balaban J connectivity index is 2.49. The van der Waals surface area contributed by atoms with Gasteiger partial charge in [-0.3, -0.25) is 0 Å². The third-order valence-corrected chi connectivity index (χ3v) is 2.97. The first kappa shape index (κ1) is 16.3. The summed E-state index contributed by atoms with van der Waals surface area (Å²) >= 11 is 0. The van der Waals surface area contributed by atoms with Crippen molar-refractivity contribution in [2.45, 2.75) is 32.9 Å². The van der Waals surface area contributed by atoms with E-state index in [4.69, 9.17) is 9.84 Å². The summed E-state index contributed by atoms with van der Waals surface area (Å²) in [6.07, 6.45) is -0.437. The molecular formula is C15H24N2O3. The van der Waals surface area contributed by atoms with E-state index in [0.717, 1.165) is 0 Å². The molecule has 1 rings (SSSR count). The first-order valence-corrected chi connectivity index (χ1v) is 6.83. The summed E-state index contributed by atoms with van der Waals surface area (Å²) in [5.41, 5.74) is 1.25. The van der Waals surface area contributed by atoms with Crippen LogP contribution in [-0.4, -0.2) is 42.5 Å². The molecule has 0 aliphatic heterocycles. The van der Waals surface area contributed by atoms with Crippen molar-refractivity contribution in [1.29, 1.82) is 0 Å². The normalized spacial score (nSPS) is 12.1. The Morgan fingerprint density at radius 2 is 1.90 bits per heavy atom. The molecule has 1 unspecified atom stereocenters. The molecule has 0 spiro atoms. The molecule has 0 aliphatic carbocycles. The van der Waals surface area contributed by atoms with E-state index in [1.807, 2.05) is 24.3 Å². The van der Waals surface area contributed by atoms with Crippen LogP contribution in [0.1, 0.15) is 32.3 Å². The van der Waals surface area contributed by atoms with Crippen molar-refractivity contribution >= 4 is 6.03 Å². The number of likely N-dealkylation sites (N-methyl/N-ethyl adjacent to an activating group) is 1. The number of carbonyl (C=O) groups is 1. The minimum atomic E-state index is -0.437. The number of ether oxygens (including phenoxy) is 1. The topological polar surface area (TPSA) is 61.8 Å². The van der Waals surface area contributed by atoms with Gasteiger partial charge in [0.1, 0.15) is 5.75 Å². The minimum Gasteiger partial charge on any atom is -0.471 e. The van der Waals surface area contributed by atoms with Crippen molar-refractivity contribution in [1.82, 2.24) is 10.2 Å². The maximum Gasteiger partial charge on any atom is 0.320 e. The number of aliphatic hydroxyl groups excluding tert-OH is 1. The third-order valence-electron chi connectivity index (χ3n) is 2.97. The van der Waals surface area contributed by atoms with Crippen LogP contribution in [0.3, 0.4) is 0 Å². The van der Waals surface area contributed by atoms with Crippen molar-refractivity contribution in [2.75, 3.05) is 20.2 Å². The Morgan fingerprint density at radius 1 is 1.30 bits per heavy atom. The minimum absolute atomic E-state index is 0.0597. The Morgan fingerprint density at radius 3 is 2.40 bits per heavy atom. The van der Waals surface area contributed by atoms with Gasteiger partial charge >= 0.3 is 6.03 Å². The molecule has 1 aromatic rings. The summed E-state index contributed by atoms with van der Waals surface area (Å²) in [4.78, 5) is 13.1. The summed E-state index contributed by atoms with van der Waals surface area (Å²) in [7, 11) is 1.62. The van der Waals surface area contributed by atoms with E-state index in [1.54, 1.807) is 14.0 Å². The molecule has 0 radical (unpaired) electrons. The number of hydrogen-bond donors (Lipinski definition) is 2. The van der Waals surface area contributed by atoms with Gasteiger partial charge in [0.25, 0.3) is 0 Å². The van der Waals surface area contributed by atoms with E-state index < -0.39 is 6.23 Å². The van der Waals surface area contributed by atoms with E-state index in [2.05, 4.69) is 19.2 Å². The SMILES string of the molecule is CC(NC(=O)N(C)CCO)Oc1ccc(C(C)C)cc1. The standard InChI is InChI=1S/C15H24N2O3/c1-11(2)13-5-7-14(8-6-13)20-12(3)16-15(19)17(4)9-10-18/h5-8,11-12,18H,9-10H2,1-4H3,(H,16,19). The fraction of sp³-hybridized carbons (Fsp3) is 0.533. The fourth-order valence-electron chi connectivity index (χ4n) is 1.70. The van der Waals surface area contributed by atoms with Gasteiger partial charge in [0.15, 0.2) is 6.23 Å². The molecule has 5 heteroatoms. The van der Waals surface area contributed by atoms with Gasteiger partial charge in [0.2, 0.25) is 0 Å². The average Bonchev–Trinajstić information content (AvgIpc) is 2.39. The predicted octanol–water partition coefficient (Wildman–Crippen LogP) is 2.17. The molecule has 1 atom stereocenters. The lowest BCUT2D eigenvalue weighted by Crippen LogP contribution is -2.45.